The lowest BCUT2D eigenvalue weighted by atomic mass is 10.0. The first-order valence-corrected chi connectivity index (χ1v) is 10.1. The second-order valence-electron chi connectivity index (χ2n) is 6.83. The van der Waals surface area contributed by atoms with Gasteiger partial charge in [-0.3, -0.25) is 13.8 Å². The van der Waals surface area contributed by atoms with Crippen LogP contribution in [0.4, 0.5) is 0 Å². The Hall–Kier alpha value is -1.74. The van der Waals surface area contributed by atoms with E-state index in [1.807, 2.05) is 6.92 Å². The van der Waals surface area contributed by atoms with Crippen LogP contribution in [-0.4, -0.2) is 75.0 Å². The fourth-order valence-corrected chi connectivity index (χ4v) is 5.53. The molecule has 0 bridgehead atoms. The Morgan fingerprint density at radius 1 is 1.35 bits per heavy atom. The molecule has 26 heavy (non-hydrogen) atoms. The molecule has 1 spiro atoms. The summed E-state index contributed by atoms with van der Waals surface area (Å²) < 4.78 is 22.9. The predicted octanol–water partition coefficient (Wildman–Crippen LogP) is 0.390. The van der Waals surface area contributed by atoms with Gasteiger partial charge >= 0.3 is 0 Å². The molecule has 0 aliphatic carbocycles. The molecule has 3 heterocycles. The van der Waals surface area contributed by atoms with Gasteiger partial charge in [-0.2, -0.15) is 0 Å². The number of nitrogens with zero attached hydrogens (tertiary/aromatic N) is 3. The molecule has 9 heteroatoms. The molecule has 0 saturated carbocycles. The zero-order valence-electron chi connectivity index (χ0n) is 15.4. The van der Waals surface area contributed by atoms with E-state index in [1.54, 1.807) is 23.8 Å². The number of aromatic nitrogens is 1. The summed E-state index contributed by atoms with van der Waals surface area (Å²) in [5.74, 6) is 0.651. The Balaban J connectivity index is 1.66. The minimum absolute atomic E-state index is 0.00722. The molecule has 1 aromatic heterocycles. The minimum atomic E-state index is -1.24. The summed E-state index contributed by atoms with van der Waals surface area (Å²) in [6.45, 7) is 5.46. The largest absolute Gasteiger partial charge is 0.383 e. The predicted molar refractivity (Wildman–Crippen MR) is 94.8 cm³/mol. The third-order valence-corrected chi connectivity index (χ3v) is 7.38. The fourth-order valence-electron chi connectivity index (χ4n) is 3.81. The number of piperidine rings is 1. The fraction of sp³-hybridized carbons (Fsp3) is 0.706. The molecule has 2 aliphatic rings. The smallest absolute Gasteiger partial charge is 0.236 e. The Morgan fingerprint density at radius 2 is 2.04 bits per heavy atom. The average Bonchev–Trinajstić information content (AvgIpc) is 3.05. The Kier molecular flexibility index (Phi) is 5.47. The number of ether oxygens (including phenoxy) is 1. The molecule has 8 nitrogen and oxygen atoms in total. The van der Waals surface area contributed by atoms with Crippen LogP contribution in [0.15, 0.2) is 4.52 Å². The van der Waals surface area contributed by atoms with Crippen LogP contribution >= 0.6 is 0 Å². The van der Waals surface area contributed by atoms with E-state index in [2.05, 4.69) is 5.16 Å². The summed E-state index contributed by atoms with van der Waals surface area (Å²) >= 11 is 0. The topological polar surface area (TPSA) is 93.0 Å². The third-order valence-electron chi connectivity index (χ3n) is 5.40. The van der Waals surface area contributed by atoms with Crippen molar-refractivity contribution < 1.29 is 23.1 Å². The van der Waals surface area contributed by atoms with Crippen LogP contribution in [0.2, 0.25) is 0 Å². The van der Waals surface area contributed by atoms with Gasteiger partial charge < -0.3 is 19.1 Å². The molecule has 2 saturated heterocycles. The number of rotatable bonds is 5. The van der Waals surface area contributed by atoms with Crippen LogP contribution in [0.3, 0.4) is 0 Å². The molecule has 1 aromatic rings. The van der Waals surface area contributed by atoms with E-state index in [0.717, 1.165) is 11.3 Å². The highest BCUT2D eigenvalue weighted by molar-refractivity contribution is 7.87. The number of amides is 2. The van der Waals surface area contributed by atoms with E-state index in [1.165, 1.54) is 0 Å². The second kappa shape index (κ2) is 7.48. The number of carbonyl (C=O) groups is 2. The van der Waals surface area contributed by atoms with Gasteiger partial charge in [0.05, 0.1) is 29.5 Å². The Bertz CT molecular complexity index is 704. The van der Waals surface area contributed by atoms with Crippen molar-refractivity contribution in [3.8, 4) is 0 Å². The molecule has 0 N–H and O–H groups in total. The summed E-state index contributed by atoms with van der Waals surface area (Å²) in [7, 11) is 0.343. The average molecular weight is 383 g/mol. The van der Waals surface area contributed by atoms with E-state index in [4.69, 9.17) is 9.26 Å². The van der Waals surface area contributed by atoms with Gasteiger partial charge in [-0.15, -0.1) is 0 Å². The normalized spacial score (nSPS) is 22.4. The zero-order valence-corrected chi connectivity index (χ0v) is 16.3. The number of hydrogen-bond acceptors (Lipinski definition) is 6. The molecular weight excluding hydrogens is 358 g/mol. The van der Waals surface area contributed by atoms with Crippen LogP contribution in [-0.2, 0) is 31.5 Å². The number of methoxy groups -OCH3 is 1. The molecule has 2 fully saturated rings. The van der Waals surface area contributed by atoms with Crippen LogP contribution in [0.25, 0.3) is 0 Å². The molecule has 0 aromatic carbocycles. The quantitative estimate of drug-likeness (QED) is 0.730. The number of likely N-dealkylation sites (tertiary alicyclic amines) is 1. The number of carbonyl (C=O) groups excluding carboxylic acids is 2. The van der Waals surface area contributed by atoms with Crippen molar-refractivity contribution in [2.75, 3.05) is 39.1 Å². The highest BCUT2D eigenvalue weighted by Crippen LogP contribution is 2.37. The Labute approximate surface area is 155 Å². The van der Waals surface area contributed by atoms with Crippen molar-refractivity contribution in [2.24, 2.45) is 0 Å². The van der Waals surface area contributed by atoms with Crippen molar-refractivity contribution in [3.05, 3.63) is 17.0 Å². The van der Waals surface area contributed by atoms with Gasteiger partial charge in [-0.05, 0) is 13.8 Å². The molecule has 1 unspecified atom stereocenters. The lowest BCUT2D eigenvalue weighted by Crippen LogP contribution is -2.56. The van der Waals surface area contributed by atoms with Gasteiger partial charge in [0.25, 0.3) is 0 Å². The van der Waals surface area contributed by atoms with E-state index in [-0.39, 0.29) is 24.0 Å². The first-order chi connectivity index (χ1) is 12.4. The molecule has 2 amide bonds. The summed E-state index contributed by atoms with van der Waals surface area (Å²) in [5.41, 5.74) is 1.56. The summed E-state index contributed by atoms with van der Waals surface area (Å²) in [6.07, 6.45) is 1.31. The van der Waals surface area contributed by atoms with Crippen molar-refractivity contribution in [2.45, 2.75) is 38.0 Å². The van der Waals surface area contributed by atoms with Crippen molar-refractivity contribution in [1.29, 1.82) is 0 Å². The van der Waals surface area contributed by atoms with Crippen LogP contribution in [0.5, 0.6) is 0 Å². The van der Waals surface area contributed by atoms with Crippen LogP contribution in [0, 0.1) is 13.8 Å². The van der Waals surface area contributed by atoms with Crippen molar-refractivity contribution in [3.63, 3.8) is 0 Å². The third kappa shape index (κ3) is 3.29. The molecule has 0 radical (unpaired) electrons. The van der Waals surface area contributed by atoms with Crippen molar-refractivity contribution in [1.82, 2.24) is 15.0 Å². The second-order valence-corrected chi connectivity index (χ2v) is 8.57. The number of aryl methyl sites for hydroxylation is 2. The van der Waals surface area contributed by atoms with E-state index in [0.29, 0.717) is 44.8 Å². The molecule has 1 atom stereocenters. The van der Waals surface area contributed by atoms with Gasteiger partial charge in [-0.25, -0.2) is 0 Å². The zero-order chi connectivity index (χ0) is 18.9. The van der Waals surface area contributed by atoms with Gasteiger partial charge in [0.2, 0.25) is 11.8 Å². The maximum Gasteiger partial charge on any atom is 0.236 e. The van der Waals surface area contributed by atoms with E-state index in [9.17, 15) is 13.8 Å². The first-order valence-electron chi connectivity index (χ1n) is 8.76. The molecular formula is C17H25N3O5S. The molecule has 2 aliphatic heterocycles. The molecule has 144 valence electrons. The van der Waals surface area contributed by atoms with Gasteiger partial charge in [-0.1, -0.05) is 5.16 Å². The lowest BCUT2D eigenvalue weighted by Gasteiger charge is -2.43. The minimum Gasteiger partial charge on any atom is -0.383 e. The van der Waals surface area contributed by atoms with E-state index >= 15 is 0 Å². The van der Waals surface area contributed by atoms with Gasteiger partial charge in [0.1, 0.15) is 16.4 Å². The lowest BCUT2D eigenvalue weighted by molar-refractivity contribution is -0.135. The van der Waals surface area contributed by atoms with Gasteiger partial charge in [0.15, 0.2) is 0 Å². The maximum absolute atomic E-state index is 12.7. The highest BCUT2D eigenvalue weighted by Gasteiger charge is 2.52. The first kappa shape index (κ1) is 19.0. The van der Waals surface area contributed by atoms with Crippen LogP contribution < -0.4 is 0 Å². The monoisotopic (exact) mass is 383 g/mol. The summed E-state index contributed by atoms with van der Waals surface area (Å²) in [5, 5.41) is 3.89. The van der Waals surface area contributed by atoms with Crippen LogP contribution in [0.1, 0.15) is 29.9 Å². The standard InChI is InChI=1S/C17H25N3O5S/c1-12-14(13(2)25-18-12)10-15(21)19-6-4-17(5-7-19)20(8-9-24-3)16(22)11-26(17)23/h4-11H2,1-3H3. The molecule has 3 rings (SSSR count). The highest BCUT2D eigenvalue weighted by atomic mass is 32.2. The summed E-state index contributed by atoms with van der Waals surface area (Å²) in [6, 6.07) is 0. The Morgan fingerprint density at radius 3 is 2.62 bits per heavy atom. The summed E-state index contributed by atoms with van der Waals surface area (Å²) in [4.78, 5) is 27.7. The van der Waals surface area contributed by atoms with Gasteiger partial charge in [0, 0.05) is 45.1 Å². The van der Waals surface area contributed by atoms with Crippen molar-refractivity contribution >= 4 is 22.6 Å². The SMILES string of the molecule is COCCN1C(=O)CS(=O)C12CCN(C(=O)Cc1c(C)noc1C)CC2. The maximum atomic E-state index is 12.7. The van der Waals surface area contributed by atoms with E-state index < -0.39 is 15.7 Å². The number of hydrogen-bond donors (Lipinski definition) is 0.